The number of hydrogen-bond acceptors (Lipinski definition) is 3. The first kappa shape index (κ1) is 15.5. The minimum Gasteiger partial charge on any atom is -0.490 e. The molecule has 1 heterocycles. The van der Waals surface area contributed by atoms with E-state index in [9.17, 15) is 9.18 Å². The molecule has 4 nitrogen and oxygen atoms in total. The number of rotatable bonds is 5. The molecule has 0 aromatic heterocycles. The lowest BCUT2D eigenvalue weighted by molar-refractivity contribution is 0.0673. The number of amides is 1. The van der Waals surface area contributed by atoms with Crippen molar-refractivity contribution in [3.05, 3.63) is 59.9 Å². The average Bonchev–Trinajstić information content (AvgIpc) is 3.09. The normalized spacial score (nSPS) is 17.0. The van der Waals surface area contributed by atoms with Gasteiger partial charge in [-0.1, -0.05) is 12.1 Å². The van der Waals surface area contributed by atoms with Crippen molar-refractivity contribution in [1.29, 1.82) is 0 Å². The summed E-state index contributed by atoms with van der Waals surface area (Å²) in [6.07, 6.45) is 2.10. The maximum Gasteiger partial charge on any atom is 0.259 e. The van der Waals surface area contributed by atoms with Crippen molar-refractivity contribution in [2.75, 3.05) is 18.5 Å². The van der Waals surface area contributed by atoms with Gasteiger partial charge < -0.3 is 14.8 Å². The molecular weight excluding hydrogens is 297 g/mol. The maximum atomic E-state index is 12.9. The van der Waals surface area contributed by atoms with E-state index in [1.54, 1.807) is 18.2 Å². The molecule has 5 heteroatoms. The lowest BCUT2D eigenvalue weighted by Crippen LogP contribution is -2.19. The molecule has 1 amide bonds. The van der Waals surface area contributed by atoms with E-state index in [-0.39, 0.29) is 17.8 Å². The second kappa shape index (κ2) is 7.24. The third kappa shape index (κ3) is 4.07. The fourth-order valence-corrected chi connectivity index (χ4v) is 2.47. The van der Waals surface area contributed by atoms with Crippen molar-refractivity contribution in [2.45, 2.75) is 18.9 Å². The summed E-state index contributed by atoms with van der Waals surface area (Å²) in [6.45, 7) is 1.20. The van der Waals surface area contributed by atoms with Crippen molar-refractivity contribution >= 4 is 11.6 Å². The van der Waals surface area contributed by atoms with Crippen LogP contribution in [0.3, 0.4) is 0 Å². The maximum absolute atomic E-state index is 12.9. The number of benzene rings is 2. The van der Waals surface area contributed by atoms with Gasteiger partial charge in [0, 0.05) is 12.3 Å². The minimum atomic E-state index is -0.344. The first-order valence-corrected chi connectivity index (χ1v) is 7.63. The number of carbonyl (C=O) groups is 1. The summed E-state index contributed by atoms with van der Waals surface area (Å²) < 4.78 is 24.2. The summed E-state index contributed by atoms with van der Waals surface area (Å²) in [4.78, 5) is 12.4. The van der Waals surface area contributed by atoms with Gasteiger partial charge in [-0.15, -0.1) is 0 Å². The Morgan fingerprint density at radius 2 is 2.00 bits per heavy atom. The van der Waals surface area contributed by atoms with Crippen molar-refractivity contribution in [2.24, 2.45) is 0 Å². The van der Waals surface area contributed by atoms with Crippen LogP contribution in [-0.2, 0) is 4.74 Å². The summed E-state index contributed by atoms with van der Waals surface area (Å²) >= 11 is 0. The predicted molar refractivity (Wildman–Crippen MR) is 85.3 cm³/mol. The van der Waals surface area contributed by atoms with Crippen molar-refractivity contribution in [1.82, 2.24) is 0 Å². The Bertz CT molecular complexity index is 666. The summed E-state index contributed by atoms with van der Waals surface area (Å²) in [6, 6.07) is 12.7. The number of nitrogens with one attached hydrogen (secondary N) is 1. The molecule has 1 aliphatic heterocycles. The topological polar surface area (TPSA) is 47.6 Å². The van der Waals surface area contributed by atoms with Crippen LogP contribution in [0.1, 0.15) is 23.2 Å². The van der Waals surface area contributed by atoms with Gasteiger partial charge in [-0.05, 0) is 49.2 Å². The number of ether oxygens (including phenoxy) is 2. The highest BCUT2D eigenvalue weighted by Crippen LogP contribution is 2.21. The summed E-state index contributed by atoms with van der Waals surface area (Å²) in [5.74, 6) is -0.120. The van der Waals surface area contributed by atoms with Gasteiger partial charge in [-0.2, -0.15) is 0 Å². The first-order valence-electron chi connectivity index (χ1n) is 7.63. The van der Waals surface area contributed by atoms with Crippen LogP contribution in [0, 0.1) is 5.82 Å². The lowest BCUT2D eigenvalue weighted by Gasteiger charge is -2.14. The van der Waals surface area contributed by atoms with Crippen LogP contribution >= 0.6 is 0 Å². The van der Waals surface area contributed by atoms with E-state index < -0.39 is 0 Å². The number of hydrogen-bond donors (Lipinski definition) is 1. The van der Waals surface area contributed by atoms with Crippen LogP contribution < -0.4 is 10.1 Å². The molecule has 0 spiro atoms. The molecule has 1 aliphatic rings. The molecule has 0 radical (unpaired) electrons. The number of carbonyl (C=O) groups excluding carboxylic acids is 1. The molecule has 0 aliphatic carbocycles. The van der Waals surface area contributed by atoms with Gasteiger partial charge in [-0.25, -0.2) is 4.39 Å². The number of anilines is 1. The summed E-state index contributed by atoms with van der Waals surface area (Å²) in [5, 5.41) is 2.74. The van der Waals surface area contributed by atoms with E-state index >= 15 is 0 Å². The Morgan fingerprint density at radius 3 is 2.74 bits per heavy atom. The Balaban J connectivity index is 1.68. The second-order valence-electron chi connectivity index (χ2n) is 5.40. The zero-order valence-corrected chi connectivity index (χ0v) is 12.6. The van der Waals surface area contributed by atoms with Gasteiger partial charge in [0.2, 0.25) is 0 Å². The fraction of sp³-hybridized carbons (Fsp3) is 0.278. The third-order valence-corrected chi connectivity index (χ3v) is 3.68. The Morgan fingerprint density at radius 1 is 1.22 bits per heavy atom. The van der Waals surface area contributed by atoms with Crippen LogP contribution in [0.2, 0.25) is 0 Å². The summed E-state index contributed by atoms with van der Waals surface area (Å²) in [5.41, 5.74) is 0.972. The average molecular weight is 315 g/mol. The van der Waals surface area contributed by atoms with Crippen molar-refractivity contribution in [3.8, 4) is 5.75 Å². The van der Waals surface area contributed by atoms with E-state index in [0.717, 1.165) is 19.4 Å². The predicted octanol–water partition coefficient (Wildman–Crippen LogP) is 3.64. The smallest absolute Gasteiger partial charge is 0.259 e. The zero-order valence-electron chi connectivity index (χ0n) is 12.6. The molecule has 3 rings (SSSR count). The van der Waals surface area contributed by atoms with Crippen molar-refractivity contribution < 1.29 is 18.7 Å². The molecule has 1 atom stereocenters. The number of para-hydroxylation sites is 1. The van der Waals surface area contributed by atoms with Gasteiger partial charge in [-0.3, -0.25) is 4.79 Å². The molecule has 2 aromatic carbocycles. The Hall–Kier alpha value is -2.40. The molecule has 0 unspecified atom stereocenters. The van der Waals surface area contributed by atoms with Gasteiger partial charge in [0.25, 0.3) is 5.91 Å². The van der Waals surface area contributed by atoms with Crippen LogP contribution in [0.25, 0.3) is 0 Å². The molecule has 1 fully saturated rings. The van der Waals surface area contributed by atoms with Gasteiger partial charge in [0.1, 0.15) is 18.2 Å². The van der Waals surface area contributed by atoms with Crippen LogP contribution in [0.15, 0.2) is 48.5 Å². The SMILES string of the molecule is O=C(Nc1ccc(F)cc1)c1ccccc1OC[C@H]1CCCO1. The summed E-state index contributed by atoms with van der Waals surface area (Å²) in [7, 11) is 0. The minimum absolute atomic E-state index is 0.0863. The van der Waals surface area contributed by atoms with Gasteiger partial charge in [0.15, 0.2) is 0 Å². The highest BCUT2D eigenvalue weighted by atomic mass is 19.1. The highest BCUT2D eigenvalue weighted by molar-refractivity contribution is 6.06. The highest BCUT2D eigenvalue weighted by Gasteiger charge is 2.18. The van der Waals surface area contributed by atoms with Crippen LogP contribution in [0.5, 0.6) is 5.75 Å². The second-order valence-corrected chi connectivity index (χ2v) is 5.40. The largest absolute Gasteiger partial charge is 0.490 e. The van der Waals surface area contributed by atoms with Gasteiger partial charge in [0.05, 0.1) is 11.7 Å². The molecule has 0 saturated carbocycles. The Labute approximate surface area is 134 Å². The quantitative estimate of drug-likeness (QED) is 0.916. The van der Waals surface area contributed by atoms with E-state index in [1.165, 1.54) is 24.3 Å². The lowest BCUT2D eigenvalue weighted by atomic mass is 10.1. The molecule has 23 heavy (non-hydrogen) atoms. The fourth-order valence-electron chi connectivity index (χ4n) is 2.47. The molecule has 2 aromatic rings. The first-order chi connectivity index (χ1) is 11.2. The van der Waals surface area contributed by atoms with Crippen LogP contribution in [0.4, 0.5) is 10.1 Å². The monoisotopic (exact) mass is 315 g/mol. The zero-order chi connectivity index (χ0) is 16.1. The Kier molecular flexibility index (Phi) is 4.88. The van der Waals surface area contributed by atoms with E-state index in [1.807, 2.05) is 6.07 Å². The third-order valence-electron chi connectivity index (χ3n) is 3.68. The molecular formula is C18H18FNO3. The van der Waals surface area contributed by atoms with E-state index in [4.69, 9.17) is 9.47 Å². The molecule has 0 bridgehead atoms. The van der Waals surface area contributed by atoms with E-state index in [0.29, 0.717) is 23.6 Å². The number of halogens is 1. The molecule has 1 saturated heterocycles. The standard InChI is InChI=1S/C18H18FNO3/c19-13-7-9-14(10-8-13)20-18(21)16-5-1-2-6-17(16)23-12-15-4-3-11-22-15/h1-2,5-10,15H,3-4,11-12H2,(H,20,21)/t15-/m1/s1. The van der Waals surface area contributed by atoms with Gasteiger partial charge >= 0.3 is 0 Å². The van der Waals surface area contributed by atoms with Crippen molar-refractivity contribution in [3.63, 3.8) is 0 Å². The van der Waals surface area contributed by atoms with E-state index in [2.05, 4.69) is 5.32 Å². The molecule has 120 valence electrons. The van der Waals surface area contributed by atoms with Crippen LogP contribution in [-0.4, -0.2) is 25.2 Å². The molecule has 1 N–H and O–H groups in total.